The summed E-state index contributed by atoms with van der Waals surface area (Å²) < 4.78 is 5.58. The predicted molar refractivity (Wildman–Crippen MR) is 126 cm³/mol. The number of halogens is 2. The zero-order valence-electron chi connectivity index (χ0n) is 18.3. The van der Waals surface area contributed by atoms with Gasteiger partial charge in [0.15, 0.2) is 0 Å². The van der Waals surface area contributed by atoms with Crippen LogP contribution in [0.5, 0.6) is 5.75 Å². The molecule has 1 atom stereocenters. The van der Waals surface area contributed by atoms with Gasteiger partial charge in [0.1, 0.15) is 11.5 Å². The summed E-state index contributed by atoms with van der Waals surface area (Å²) in [5.41, 5.74) is 1.04. The van der Waals surface area contributed by atoms with Crippen LogP contribution < -0.4 is 4.74 Å². The molecule has 0 radical (unpaired) electrons. The van der Waals surface area contributed by atoms with E-state index in [-0.39, 0.29) is 11.3 Å². The highest BCUT2D eigenvalue weighted by Crippen LogP contribution is 2.40. The molecule has 1 aliphatic heterocycles. The van der Waals surface area contributed by atoms with Crippen molar-refractivity contribution < 1.29 is 19.4 Å². The summed E-state index contributed by atoms with van der Waals surface area (Å²) >= 11 is 12.3. The Bertz CT molecular complexity index is 1030. The van der Waals surface area contributed by atoms with Crippen LogP contribution in [0.4, 0.5) is 0 Å². The monoisotopic (exact) mass is 476 g/mol. The molecule has 1 aliphatic rings. The number of likely N-dealkylation sites (N-methyl/N-ethyl adjacent to an activating group) is 1. The van der Waals surface area contributed by atoms with Crippen molar-refractivity contribution >= 4 is 40.7 Å². The molecule has 2 aromatic carbocycles. The number of hydrogen-bond donors (Lipinski definition) is 1. The first-order chi connectivity index (χ1) is 15.2. The van der Waals surface area contributed by atoms with E-state index >= 15 is 0 Å². The van der Waals surface area contributed by atoms with E-state index in [1.54, 1.807) is 42.5 Å². The molecule has 1 unspecified atom stereocenters. The van der Waals surface area contributed by atoms with Gasteiger partial charge in [-0.3, -0.25) is 9.59 Å². The second-order valence-electron chi connectivity index (χ2n) is 7.84. The molecule has 6 nitrogen and oxygen atoms in total. The van der Waals surface area contributed by atoms with Crippen molar-refractivity contribution in [3.63, 3.8) is 0 Å². The van der Waals surface area contributed by atoms with Crippen LogP contribution in [0.15, 0.2) is 48.0 Å². The van der Waals surface area contributed by atoms with Gasteiger partial charge in [-0.1, -0.05) is 36.2 Å². The summed E-state index contributed by atoms with van der Waals surface area (Å²) in [7, 11) is 3.76. The number of hydrogen-bond acceptors (Lipinski definition) is 5. The molecule has 32 heavy (non-hydrogen) atoms. The molecular weight excluding hydrogens is 451 g/mol. The van der Waals surface area contributed by atoms with Crippen LogP contribution in [0.2, 0.25) is 10.0 Å². The van der Waals surface area contributed by atoms with Crippen molar-refractivity contribution in [3.05, 3.63) is 69.2 Å². The van der Waals surface area contributed by atoms with Crippen LogP contribution in [0.25, 0.3) is 5.76 Å². The molecule has 2 aromatic rings. The van der Waals surface area contributed by atoms with E-state index in [9.17, 15) is 14.7 Å². The number of aliphatic hydroxyl groups is 1. The fraction of sp³-hybridized carbons (Fsp3) is 0.333. The van der Waals surface area contributed by atoms with E-state index in [1.807, 2.05) is 25.9 Å². The highest BCUT2D eigenvalue weighted by molar-refractivity contribution is 6.46. The number of carbonyl (C=O) groups is 2. The first kappa shape index (κ1) is 24.1. The number of ether oxygens (including phenoxy) is 1. The SMILES string of the molecule is CCCOc1ccc(/C(O)=C2\C(=O)C(=O)N(CCN(C)C)C2c2ccc(Cl)c(Cl)c2)cc1. The molecule has 0 bridgehead atoms. The van der Waals surface area contributed by atoms with E-state index in [4.69, 9.17) is 27.9 Å². The van der Waals surface area contributed by atoms with E-state index in [2.05, 4.69) is 0 Å². The van der Waals surface area contributed by atoms with Crippen molar-refractivity contribution in [3.8, 4) is 5.75 Å². The molecule has 170 valence electrons. The van der Waals surface area contributed by atoms with E-state index < -0.39 is 17.7 Å². The highest BCUT2D eigenvalue weighted by atomic mass is 35.5. The Kier molecular flexibility index (Phi) is 7.82. The molecule has 1 N–H and O–H groups in total. The third-order valence-electron chi connectivity index (χ3n) is 5.19. The van der Waals surface area contributed by atoms with Gasteiger partial charge in [-0.15, -0.1) is 0 Å². The van der Waals surface area contributed by atoms with Gasteiger partial charge in [0.25, 0.3) is 11.7 Å². The standard InChI is InChI=1S/C24H26Cl2N2O4/c1-4-13-32-17-8-5-15(6-9-17)22(29)20-21(16-7-10-18(25)19(26)14-16)28(12-11-27(2)3)24(31)23(20)30/h5-10,14,21,29H,4,11-13H2,1-3H3/b22-20+. The molecule has 1 amide bonds. The molecule has 3 rings (SSSR count). The quantitative estimate of drug-likeness (QED) is 0.337. The minimum absolute atomic E-state index is 0.0226. The van der Waals surface area contributed by atoms with E-state index in [0.717, 1.165) is 6.42 Å². The predicted octanol–water partition coefficient (Wildman–Crippen LogP) is 4.77. The number of benzene rings is 2. The average molecular weight is 477 g/mol. The van der Waals surface area contributed by atoms with Crippen LogP contribution in [0.1, 0.15) is 30.5 Å². The number of rotatable bonds is 8. The second kappa shape index (κ2) is 10.4. The van der Waals surface area contributed by atoms with Crippen LogP contribution in [0.3, 0.4) is 0 Å². The maximum atomic E-state index is 13.0. The maximum absolute atomic E-state index is 13.0. The molecule has 8 heteroatoms. The van der Waals surface area contributed by atoms with Crippen molar-refractivity contribution in [2.45, 2.75) is 19.4 Å². The first-order valence-electron chi connectivity index (χ1n) is 10.4. The normalized spacial score (nSPS) is 17.9. The average Bonchev–Trinajstić information content (AvgIpc) is 3.02. The van der Waals surface area contributed by atoms with Crippen molar-refractivity contribution in [1.82, 2.24) is 9.80 Å². The topological polar surface area (TPSA) is 70.1 Å². The van der Waals surface area contributed by atoms with Crippen molar-refractivity contribution in [2.75, 3.05) is 33.8 Å². The Hall–Kier alpha value is -2.54. The lowest BCUT2D eigenvalue weighted by Crippen LogP contribution is -2.35. The lowest BCUT2D eigenvalue weighted by molar-refractivity contribution is -0.140. The lowest BCUT2D eigenvalue weighted by atomic mass is 9.95. The first-order valence-corrected chi connectivity index (χ1v) is 11.1. The second-order valence-corrected chi connectivity index (χ2v) is 8.66. The lowest BCUT2D eigenvalue weighted by Gasteiger charge is -2.26. The highest BCUT2D eigenvalue weighted by Gasteiger charge is 2.46. The summed E-state index contributed by atoms with van der Waals surface area (Å²) in [6.07, 6.45) is 0.877. The molecule has 0 saturated carbocycles. The van der Waals surface area contributed by atoms with Gasteiger partial charge in [0.2, 0.25) is 0 Å². The van der Waals surface area contributed by atoms with E-state index in [0.29, 0.717) is 46.6 Å². The van der Waals surface area contributed by atoms with Crippen molar-refractivity contribution in [1.29, 1.82) is 0 Å². The van der Waals surface area contributed by atoms with Gasteiger partial charge in [-0.05, 0) is 62.5 Å². The Balaban J connectivity index is 2.08. The summed E-state index contributed by atoms with van der Waals surface area (Å²) in [6.45, 7) is 3.45. The Morgan fingerprint density at radius 2 is 1.78 bits per heavy atom. The molecule has 0 aromatic heterocycles. The van der Waals surface area contributed by atoms with Gasteiger partial charge in [0.05, 0.1) is 28.3 Å². The summed E-state index contributed by atoms with van der Waals surface area (Å²) in [4.78, 5) is 29.3. The minimum atomic E-state index is -0.777. The fourth-order valence-corrected chi connectivity index (χ4v) is 3.84. The summed E-state index contributed by atoms with van der Waals surface area (Å²) in [6, 6.07) is 11.0. The van der Waals surface area contributed by atoms with E-state index in [1.165, 1.54) is 4.90 Å². The molecule has 1 fully saturated rings. The molecule has 0 spiro atoms. The third kappa shape index (κ3) is 5.09. The van der Waals surface area contributed by atoms with Crippen LogP contribution in [-0.2, 0) is 9.59 Å². The smallest absolute Gasteiger partial charge is 0.295 e. The van der Waals surface area contributed by atoms with Gasteiger partial charge in [-0.25, -0.2) is 0 Å². The number of likely N-dealkylation sites (tertiary alicyclic amines) is 1. The number of carbonyl (C=O) groups excluding carboxylic acids is 2. The van der Waals surface area contributed by atoms with Crippen LogP contribution in [0, 0.1) is 0 Å². The number of ketones is 1. The number of Topliss-reactive ketones (excluding diaryl/α,β-unsaturated/α-hetero) is 1. The summed E-state index contributed by atoms with van der Waals surface area (Å²) in [5.74, 6) is -0.972. The van der Waals surface area contributed by atoms with Gasteiger partial charge >= 0.3 is 0 Å². The Labute approximate surface area is 198 Å². The largest absolute Gasteiger partial charge is 0.507 e. The summed E-state index contributed by atoms with van der Waals surface area (Å²) in [5, 5.41) is 11.8. The molecule has 1 saturated heterocycles. The van der Waals surface area contributed by atoms with Crippen LogP contribution in [-0.4, -0.2) is 60.4 Å². The van der Waals surface area contributed by atoms with Gasteiger partial charge in [0, 0.05) is 18.7 Å². The molecule has 0 aliphatic carbocycles. The number of nitrogens with zero attached hydrogens (tertiary/aromatic N) is 2. The molecule has 1 heterocycles. The van der Waals surface area contributed by atoms with Crippen LogP contribution >= 0.6 is 23.2 Å². The minimum Gasteiger partial charge on any atom is -0.507 e. The zero-order chi connectivity index (χ0) is 23.4. The maximum Gasteiger partial charge on any atom is 0.295 e. The Morgan fingerprint density at radius 3 is 2.38 bits per heavy atom. The van der Waals surface area contributed by atoms with Gasteiger partial charge < -0.3 is 19.6 Å². The number of amides is 1. The number of aliphatic hydroxyl groups excluding tert-OH is 1. The molecular formula is C24H26Cl2N2O4. The van der Waals surface area contributed by atoms with Gasteiger partial charge in [-0.2, -0.15) is 0 Å². The third-order valence-corrected chi connectivity index (χ3v) is 5.93. The Morgan fingerprint density at radius 1 is 1.09 bits per heavy atom. The zero-order valence-corrected chi connectivity index (χ0v) is 19.8. The van der Waals surface area contributed by atoms with Crippen molar-refractivity contribution in [2.24, 2.45) is 0 Å². The fourth-order valence-electron chi connectivity index (χ4n) is 3.53.